The van der Waals surface area contributed by atoms with Gasteiger partial charge in [-0.05, 0) is 13.0 Å². The largest absolute Gasteiger partial charge is 0.460 e. The highest BCUT2D eigenvalue weighted by Gasteiger charge is 2.20. The Morgan fingerprint density at radius 1 is 1.19 bits per heavy atom. The van der Waals surface area contributed by atoms with Gasteiger partial charge in [-0.2, -0.15) is 0 Å². The number of aromatic nitrogens is 4. The predicted octanol–water partition coefficient (Wildman–Crippen LogP) is 1.83. The van der Waals surface area contributed by atoms with Crippen LogP contribution in [-0.4, -0.2) is 37.9 Å². The summed E-state index contributed by atoms with van der Waals surface area (Å²) in [6.45, 7) is 1.77. The summed E-state index contributed by atoms with van der Waals surface area (Å²) < 4.78 is 33.1. The van der Waals surface area contributed by atoms with Crippen molar-refractivity contribution < 1.29 is 23.1 Å². The Morgan fingerprint density at radius 3 is 2.73 bits per heavy atom. The molecule has 26 heavy (non-hydrogen) atoms. The zero-order valence-electron chi connectivity index (χ0n) is 13.8. The molecule has 3 aromatic rings. The molecular formula is C17H14F2N4O3. The van der Waals surface area contributed by atoms with E-state index in [2.05, 4.69) is 19.7 Å². The van der Waals surface area contributed by atoms with Crippen LogP contribution in [0.2, 0.25) is 0 Å². The fraction of sp³-hybridized carbons (Fsp3) is 0.235. The maximum atomic E-state index is 13.9. The van der Waals surface area contributed by atoms with Crippen molar-refractivity contribution in [1.82, 2.24) is 19.5 Å². The average molecular weight is 360 g/mol. The van der Waals surface area contributed by atoms with Crippen LogP contribution in [0.3, 0.4) is 0 Å². The minimum atomic E-state index is -0.938. The normalized spacial score (nSPS) is 10.9. The molecule has 3 rings (SSSR count). The van der Waals surface area contributed by atoms with Gasteiger partial charge in [0.15, 0.2) is 5.65 Å². The van der Waals surface area contributed by atoms with Crippen LogP contribution >= 0.6 is 0 Å². The first-order chi connectivity index (χ1) is 12.5. The quantitative estimate of drug-likeness (QED) is 0.492. The van der Waals surface area contributed by atoms with E-state index < -0.39 is 23.4 Å². The van der Waals surface area contributed by atoms with E-state index in [0.29, 0.717) is 11.2 Å². The molecule has 2 aromatic heterocycles. The third-order valence-corrected chi connectivity index (χ3v) is 3.66. The van der Waals surface area contributed by atoms with Gasteiger partial charge in [0.1, 0.15) is 23.5 Å². The van der Waals surface area contributed by atoms with Crippen molar-refractivity contribution in [2.75, 3.05) is 6.61 Å². The molecule has 0 atom stereocenters. The number of hydrogen-bond acceptors (Lipinski definition) is 6. The van der Waals surface area contributed by atoms with Gasteiger partial charge in [-0.3, -0.25) is 4.79 Å². The first-order valence-electron chi connectivity index (χ1n) is 7.78. The first-order valence-corrected chi connectivity index (χ1v) is 7.78. The molecule has 0 saturated heterocycles. The molecule has 2 heterocycles. The van der Waals surface area contributed by atoms with Gasteiger partial charge in [-0.15, -0.1) is 0 Å². The Kier molecular flexibility index (Phi) is 4.97. The maximum Gasteiger partial charge on any atom is 0.375 e. The Morgan fingerprint density at radius 2 is 2.00 bits per heavy atom. The molecule has 0 aliphatic rings. The van der Waals surface area contributed by atoms with Gasteiger partial charge < -0.3 is 9.30 Å². The molecule has 0 radical (unpaired) electrons. The number of fused-ring (bicyclic) bond motifs is 1. The number of rotatable bonds is 6. The van der Waals surface area contributed by atoms with Crippen LogP contribution in [0.5, 0.6) is 0 Å². The molecule has 0 aliphatic heterocycles. The Bertz CT molecular complexity index is 987. The lowest BCUT2D eigenvalue weighted by Crippen LogP contribution is -2.20. The van der Waals surface area contributed by atoms with Crippen molar-refractivity contribution in [3.63, 3.8) is 0 Å². The molecule has 0 spiro atoms. The topological polar surface area (TPSA) is 87.0 Å². The van der Waals surface area contributed by atoms with E-state index in [1.54, 1.807) is 11.5 Å². The van der Waals surface area contributed by atoms with E-state index in [0.717, 1.165) is 12.1 Å². The van der Waals surface area contributed by atoms with E-state index in [-0.39, 0.29) is 30.8 Å². The molecule has 1 aromatic carbocycles. The minimum absolute atomic E-state index is 0.0743. The third-order valence-electron chi connectivity index (χ3n) is 3.66. The van der Waals surface area contributed by atoms with Crippen molar-refractivity contribution in [3.05, 3.63) is 53.7 Å². The average Bonchev–Trinajstić information content (AvgIpc) is 3.01. The Labute approximate surface area is 146 Å². The molecule has 134 valence electrons. The smallest absolute Gasteiger partial charge is 0.375 e. The molecule has 9 heteroatoms. The van der Waals surface area contributed by atoms with Crippen molar-refractivity contribution in [3.8, 4) is 0 Å². The lowest BCUT2D eigenvalue weighted by molar-refractivity contribution is -0.153. The number of ether oxygens (including phenoxy) is 1. The van der Waals surface area contributed by atoms with Crippen molar-refractivity contribution in [2.24, 2.45) is 0 Å². The van der Waals surface area contributed by atoms with E-state index in [9.17, 15) is 18.4 Å². The number of hydrogen-bond donors (Lipinski definition) is 0. The van der Waals surface area contributed by atoms with Gasteiger partial charge in [0.2, 0.25) is 5.78 Å². The van der Waals surface area contributed by atoms with Gasteiger partial charge >= 0.3 is 5.97 Å². The lowest BCUT2D eigenvalue weighted by atomic mass is 10.2. The maximum absolute atomic E-state index is 13.9. The number of carbonyl (C=O) groups excluding carboxylic acids is 2. The number of ketones is 1. The van der Waals surface area contributed by atoms with Crippen LogP contribution < -0.4 is 0 Å². The van der Waals surface area contributed by atoms with Gasteiger partial charge in [0.05, 0.1) is 31.6 Å². The lowest BCUT2D eigenvalue weighted by Gasteiger charge is -2.06. The summed E-state index contributed by atoms with van der Waals surface area (Å²) in [6, 6.07) is 3.30. The summed E-state index contributed by atoms with van der Waals surface area (Å²) in [4.78, 5) is 35.6. The fourth-order valence-corrected chi connectivity index (χ4v) is 2.44. The summed E-state index contributed by atoms with van der Waals surface area (Å²) >= 11 is 0. The SMILES string of the molecule is CCOC(=O)C(=O)Cc1ncnc2c1ncn2Cc1ccc(F)cc1F. The molecule has 0 bridgehead atoms. The predicted molar refractivity (Wildman–Crippen MR) is 86.1 cm³/mol. The number of imidazole rings is 1. The number of halogens is 2. The zero-order chi connectivity index (χ0) is 18.7. The summed E-state index contributed by atoms with van der Waals surface area (Å²) in [6.07, 6.45) is 2.37. The van der Waals surface area contributed by atoms with Crippen LogP contribution in [0, 0.1) is 11.6 Å². The molecular weight excluding hydrogens is 346 g/mol. The number of carbonyl (C=O) groups is 2. The standard InChI is InChI=1S/C17H14F2N4O3/c1-2-26-17(25)14(24)6-13-15-16(21-8-20-13)23(9-22-15)7-10-3-4-11(18)5-12(10)19/h3-5,8-9H,2,6-7H2,1H3. The second kappa shape index (κ2) is 7.34. The molecule has 0 N–H and O–H groups in total. The summed E-state index contributed by atoms with van der Waals surface area (Å²) in [5.41, 5.74) is 1.22. The van der Waals surface area contributed by atoms with Gasteiger partial charge in [0.25, 0.3) is 0 Å². The second-order valence-corrected chi connectivity index (χ2v) is 5.42. The molecule has 7 nitrogen and oxygen atoms in total. The van der Waals surface area contributed by atoms with Crippen molar-refractivity contribution >= 4 is 22.9 Å². The molecule has 0 amide bonds. The van der Waals surface area contributed by atoms with E-state index in [1.807, 2.05) is 0 Å². The second-order valence-electron chi connectivity index (χ2n) is 5.42. The summed E-state index contributed by atoms with van der Waals surface area (Å²) in [5, 5.41) is 0. The Hall–Kier alpha value is -3.23. The van der Waals surface area contributed by atoms with Crippen molar-refractivity contribution in [2.45, 2.75) is 19.9 Å². The molecule has 0 saturated carbocycles. The van der Waals surface area contributed by atoms with E-state index >= 15 is 0 Å². The molecule has 0 unspecified atom stereocenters. The number of nitrogens with zero attached hydrogens (tertiary/aromatic N) is 4. The van der Waals surface area contributed by atoms with Crippen LogP contribution in [-0.2, 0) is 27.3 Å². The number of Topliss-reactive ketones (excluding diaryl/α,β-unsaturated/α-hetero) is 1. The molecule has 0 fully saturated rings. The highest BCUT2D eigenvalue weighted by atomic mass is 19.1. The van der Waals surface area contributed by atoms with Crippen molar-refractivity contribution in [1.29, 1.82) is 0 Å². The van der Waals surface area contributed by atoms with Gasteiger partial charge in [-0.25, -0.2) is 28.5 Å². The molecule has 0 aliphatic carbocycles. The van der Waals surface area contributed by atoms with Gasteiger partial charge in [0, 0.05) is 11.6 Å². The Balaban J connectivity index is 1.89. The third kappa shape index (κ3) is 3.56. The number of esters is 1. The van der Waals surface area contributed by atoms with Crippen LogP contribution in [0.4, 0.5) is 8.78 Å². The van der Waals surface area contributed by atoms with Crippen LogP contribution in [0.25, 0.3) is 11.2 Å². The van der Waals surface area contributed by atoms with Crippen LogP contribution in [0.1, 0.15) is 18.2 Å². The van der Waals surface area contributed by atoms with E-state index in [4.69, 9.17) is 0 Å². The summed E-state index contributed by atoms with van der Waals surface area (Å²) in [7, 11) is 0. The van der Waals surface area contributed by atoms with E-state index in [1.165, 1.54) is 18.7 Å². The van der Waals surface area contributed by atoms with Crippen LogP contribution in [0.15, 0.2) is 30.9 Å². The monoisotopic (exact) mass is 360 g/mol. The summed E-state index contributed by atoms with van der Waals surface area (Å²) in [5.74, 6) is -3.03. The highest BCUT2D eigenvalue weighted by Crippen LogP contribution is 2.17. The highest BCUT2D eigenvalue weighted by molar-refractivity contribution is 6.34. The fourth-order valence-electron chi connectivity index (χ4n) is 2.44. The first kappa shape index (κ1) is 17.6. The zero-order valence-corrected chi connectivity index (χ0v) is 13.8. The number of benzene rings is 1. The minimum Gasteiger partial charge on any atom is -0.460 e. The van der Waals surface area contributed by atoms with Gasteiger partial charge in [-0.1, -0.05) is 6.07 Å².